The Morgan fingerprint density at radius 2 is 2.11 bits per heavy atom. The Labute approximate surface area is 115 Å². The van der Waals surface area contributed by atoms with Crippen molar-refractivity contribution in [2.45, 2.75) is 45.3 Å². The standard InChI is InChI=1S/C15H25N3O/c1-12-13(9-16)8-15(19-12)11-17-7-4-14(10-17)18-5-2-3-6-18/h8,14H,2-7,9-11,16H2,1H3. The second kappa shape index (κ2) is 5.65. The first-order chi connectivity index (χ1) is 9.26. The molecule has 2 aliphatic rings. The smallest absolute Gasteiger partial charge is 0.118 e. The summed E-state index contributed by atoms with van der Waals surface area (Å²) in [5.41, 5.74) is 6.84. The Bertz CT molecular complexity index is 423. The molecule has 0 aromatic carbocycles. The summed E-state index contributed by atoms with van der Waals surface area (Å²) in [6.45, 7) is 8.50. The van der Waals surface area contributed by atoms with Crippen LogP contribution >= 0.6 is 0 Å². The number of hydrogen-bond acceptors (Lipinski definition) is 4. The molecular weight excluding hydrogens is 238 g/mol. The van der Waals surface area contributed by atoms with Crippen LogP contribution in [0.4, 0.5) is 0 Å². The van der Waals surface area contributed by atoms with Crippen molar-refractivity contribution in [2.24, 2.45) is 5.73 Å². The fraction of sp³-hybridized carbons (Fsp3) is 0.733. The van der Waals surface area contributed by atoms with E-state index in [4.69, 9.17) is 10.2 Å². The molecule has 0 saturated carbocycles. The minimum Gasteiger partial charge on any atom is -0.465 e. The normalized spacial score (nSPS) is 25.5. The Hall–Kier alpha value is -0.840. The van der Waals surface area contributed by atoms with E-state index in [2.05, 4.69) is 15.9 Å². The first kappa shape index (κ1) is 13.2. The lowest BCUT2D eigenvalue weighted by atomic mass is 10.2. The number of aryl methyl sites for hydroxylation is 1. The van der Waals surface area contributed by atoms with E-state index in [-0.39, 0.29) is 0 Å². The van der Waals surface area contributed by atoms with E-state index in [1.54, 1.807) is 0 Å². The van der Waals surface area contributed by atoms with Crippen LogP contribution in [0.15, 0.2) is 10.5 Å². The Kier molecular flexibility index (Phi) is 3.91. The van der Waals surface area contributed by atoms with Gasteiger partial charge in [-0.05, 0) is 45.3 Å². The van der Waals surface area contributed by atoms with Crippen LogP contribution in [0.1, 0.15) is 36.3 Å². The topological polar surface area (TPSA) is 45.6 Å². The van der Waals surface area contributed by atoms with Gasteiger partial charge in [-0.15, -0.1) is 0 Å². The minimum absolute atomic E-state index is 0.575. The molecule has 1 aromatic rings. The molecule has 0 radical (unpaired) electrons. The third kappa shape index (κ3) is 2.86. The number of likely N-dealkylation sites (tertiary alicyclic amines) is 2. The maximum atomic E-state index is 5.79. The van der Waals surface area contributed by atoms with Crippen LogP contribution < -0.4 is 5.73 Å². The van der Waals surface area contributed by atoms with Gasteiger partial charge in [0.1, 0.15) is 11.5 Å². The molecular formula is C15H25N3O. The quantitative estimate of drug-likeness (QED) is 0.898. The van der Waals surface area contributed by atoms with Crippen LogP contribution in [0.3, 0.4) is 0 Å². The summed E-state index contributed by atoms with van der Waals surface area (Å²) in [7, 11) is 0. The largest absolute Gasteiger partial charge is 0.465 e. The highest BCUT2D eigenvalue weighted by molar-refractivity contribution is 5.20. The molecule has 3 heterocycles. The predicted molar refractivity (Wildman–Crippen MR) is 75.8 cm³/mol. The van der Waals surface area contributed by atoms with Gasteiger partial charge in [0.25, 0.3) is 0 Å². The lowest BCUT2D eigenvalue weighted by molar-refractivity contribution is 0.223. The first-order valence-corrected chi connectivity index (χ1v) is 7.51. The maximum absolute atomic E-state index is 5.79. The highest BCUT2D eigenvalue weighted by Gasteiger charge is 2.29. The zero-order valence-corrected chi connectivity index (χ0v) is 11.9. The molecule has 106 valence electrons. The third-order valence-electron chi connectivity index (χ3n) is 4.58. The summed E-state index contributed by atoms with van der Waals surface area (Å²) < 4.78 is 5.79. The van der Waals surface area contributed by atoms with Gasteiger partial charge in [0.2, 0.25) is 0 Å². The zero-order chi connectivity index (χ0) is 13.2. The second-order valence-corrected chi connectivity index (χ2v) is 5.92. The van der Waals surface area contributed by atoms with Gasteiger partial charge in [0.15, 0.2) is 0 Å². The van der Waals surface area contributed by atoms with Crippen molar-refractivity contribution >= 4 is 0 Å². The molecule has 0 amide bonds. The summed E-state index contributed by atoms with van der Waals surface area (Å²) in [4.78, 5) is 5.18. The van der Waals surface area contributed by atoms with Gasteiger partial charge in [0, 0.05) is 31.2 Å². The van der Waals surface area contributed by atoms with Crippen molar-refractivity contribution in [2.75, 3.05) is 26.2 Å². The van der Waals surface area contributed by atoms with Crippen molar-refractivity contribution in [1.29, 1.82) is 0 Å². The Morgan fingerprint density at radius 1 is 1.32 bits per heavy atom. The van der Waals surface area contributed by atoms with Crippen LogP contribution in [0.2, 0.25) is 0 Å². The molecule has 2 saturated heterocycles. The van der Waals surface area contributed by atoms with Gasteiger partial charge in [-0.25, -0.2) is 0 Å². The summed E-state index contributed by atoms with van der Waals surface area (Å²) in [6.07, 6.45) is 4.07. The molecule has 4 nitrogen and oxygen atoms in total. The number of rotatable bonds is 4. The van der Waals surface area contributed by atoms with Gasteiger partial charge in [-0.2, -0.15) is 0 Å². The lowest BCUT2D eigenvalue weighted by Gasteiger charge is -2.23. The summed E-state index contributed by atoms with van der Waals surface area (Å²) >= 11 is 0. The molecule has 19 heavy (non-hydrogen) atoms. The van der Waals surface area contributed by atoms with Gasteiger partial charge in [-0.1, -0.05) is 0 Å². The fourth-order valence-corrected chi connectivity index (χ4v) is 3.45. The SMILES string of the molecule is Cc1oc(CN2CCC(N3CCCC3)C2)cc1CN. The van der Waals surface area contributed by atoms with Gasteiger partial charge < -0.3 is 10.2 Å². The van der Waals surface area contributed by atoms with Crippen molar-refractivity contribution in [3.05, 3.63) is 23.2 Å². The van der Waals surface area contributed by atoms with Gasteiger partial charge in [-0.3, -0.25) is 9.80 Å². The maximum Gasteiger partial charge on any atom is 0.118 e. The van der Waals surface area contributed by atoms with E-state index in [0.29, 0.717) is 6.54 Å². The number of nitrogens with zero attached hydrogens (tertiary/aromatic N) is 2. The van der Waals surface area contributed by atoms with Crippen LogP contribution in [-0.4, -0.2) is 42.0 Å². The van der Waals surface area contributed by atoms with Crippen molar-refractivity contribution < 1.29 is 4.42 Å². The molecule has 0 spiro atoms. The van der Waals surface area contributed by atoms with Crippen LogP contribution in [-0.2, 0) is 13.1 Å². The Balaban J connectivity index is 1.56. The van der Waals surface area contributed by atoms with Gasteiger partial charge >= 0.3 is 0 Å². The predicted octanol–water partition coefficient (Wildman–Crippen LogP) is 1.72. The average molecular weight is 263 g/mol. The van der Waals surface area contributed by atoms with Crippen molar-refractivity contribution in [3.8, 4) is 0 Å². The third-order valence-corrected chi connectivity index (χ3v) is 4.58. The molecule has 0 bridgehead atoms. The monoisotopic (exact) mass is 263 g/mol. The molecule has 4 heteroatoms. The molecule has 1 unspecified atom stereocenters. The first-order valence-electron chi connectivity index (χ1n) is 7.51. The number of hydrogen-bond donors (Lipinski definition) is 1. The molecule has 2 fully saturated rings. The van der Waals surface area contributed by atoms with E-state index < -0.39 is 0 Å². The molecule has 3 rings (SSSR count). The zero-order valence-electron chi connectivity index (χ0n) is 11.9. The Morgan fingerprint density at radius 3 is 2.79 bits per heavy atom. The van der Waals surface area contributed by atoms with Gasteiger partial charge in [0.05, 0.1) is 6.54 Å². The van der Waals surface area contributed by atoms with Crippen LogP contribution in [0.5, 0.6) is 0 Å². The summed E-state index contributed by atoms with van der Waals surface area (Å²) in [5.74, 6) is 2.05. The van der Waals surface area contributed by atoms with E-state index in [9.17, 15) is 0 Å². The van der Waals surface area contributed by atoms with E-state index in [0.717, 1.165) is 29.7 Å². The molecule has 2 N–H and O–H groups in total. The fourth-order valence-electron chi connectivity index (χ4n) is 3.45. The summed E-state index contributed by atoms with van der Waals surface area (Å²) in [5, 5.41) is 0. The van der Waals surface area contributed by atoms with E-state index >= 15 is 0 Å². The number of furan rings is 1. The molecule has 0 aliphatic carbocycles. The molecule has 2 aliphatic heterocycles. The van der Waals surface area contributed by atoms with E-state index in [1.165, 1.54) is 45.4 Å². The highest BCUT2D eigenvalue weighted by atomic mass is 16.3. The number of nitrogens with two attached hydrogens (primary N) is 1. The molecule has 1 atom stereocenters. The molecule has 1 aromatic heterocycles. The summed E-state index contributed by atoms with van der Waals surface area (Å²) in [6, 6.07) is 2.89. The average Bonchev–Trinajstić information content (AvgIpc) is 3.09. The van der Waals surface area contributed by atoms with Crippen molar-refractivity contribution in [1.82, 2.24) is 9.80 Å². The van der Waals surface area contributed by atoms with E-state index in [1.807, 2.05) is 6.92 Å². The van der Waals surface area contributed by atoms with Crippen molar-refractivity contribution in [3.63, 3.8) is 0 Å². The highest BCUT2D eigenvalue weighted by Crippen LogP contribution is 2.23. The van der Waals surface area contributed by atoms with Crippen LogP contribution in [0, 0.1) is 6.92 Å². The van der Waals surface area contributed by atoms with Crippen LogP contribution in [0.25, 0.3) is 0 Å². The lowest BCUT2D eigenvalue weighted by Crippen LogP contribution is -2.35. The minimum atomic E-state index is 0.575. The second-order valence-electron chi connectivity index (χ2n) is 5.92.